The third-order valence-corrected chi connectivity index (χ3v) is 8.41. The van der Waals surface area contributed by atoms with Crippen molar-refractivity contribution < 1.29 is 4.74 Å². The Morgan fingerprint density at radius 3 is 2.57 bits per heavy atom. The largest absolute Gasteiger partial charge is 0.496 e. The van der Waals surface area contributed by atoms with Crippen LogP contribution >= 0.6 is 0 Å². The molecule has 3 aromatic rings. The van der Waals surface area contributed by atoms with Crippen LogP contribution in [0.5, 0.6) is 5.75 Å². The molecule has 1 aliphatic heterocycles. The number of fused-ring (bicyclic) bond motifs is 1. The molecule has 3 heterocycles. The van der Waals surface area contributed by atoms with E-state index in [2.05, 4.69) is 54.8 Å². The number of nitrogens with zero attached hydrogens (tertiary/aromatic N) is 6. The smallest absolute Gasteiger partial charge is 0.252 e. The quantitative estimate of drug-likeness (QED) is 0.448. The van der Waals surface area contributed by atoms with E-state index in [1.54, 1.807) is 35.7 Å². The summed E-state index contributed by atoms with van der Waals surface area (Å²) in [5.74, 6) is 1.68. The molecule has 8 nitrogen and oxygen atoms in total. The lowest BCUT2D eigenvalue weighted by Gasteiger charge is -2.49. The average Bonchev–Trinajstić information content (AvgIpc) is 3.69. The Morgan fingerprint density at radius 1 is 1.16 bits per heavy atom. The number of benzene rings is 1. The summed E-state index contributed by atoms with van der Waals surface area (Å²) < 4.78 is 9.12. The molecule has 8 heteroatoms. The molecule has 1 saturated heterocycles. The van der Waals surface area contributed by atoms with E-state index in [1.807, 2.05) is 0 Å². The molecule has 1 saturated carbocycles. The van der Waals surface area contributed by atoms with Crippen LogP contribution in [0.15, 0.2) is 35.3 Å². The number of ether oxygens (including phenoxy) is 1. The second-order valence-corrected chi connectivity index (χ2v) is 10.6. The maximum atomic E-state index is 12.9. The van der Waals surface area contributed by atoms with E-state index in [0.717, 1.165) is 48.4 Å². The SMILES string of the molecule is CC[C@H]1CN([C@H](C)c2ccc(C3CC3)cc2OC)[C@H](CC)CN1c1cc(=O)n(C)c2cn(CC#N)nc12. The predicted molar refractivity (Wildman–Crippen MR) is 146 cm³/mol. The van der Waals surface area contributed by atoms with Crippen LogP contribution in [0.1, 0.15) is 69.5 Å². The van der Waals surface area contributed by atoms with E-state index in [9.17, 15) is 10.1 Å². The predicted octanol–water partition coefficient (Wildman–Crippen LogP) is 4.58. The van der Waals surface area contributed by atoms with Crippen LogP contribution in [-0.2, 0) is 13.6 Å². The minimum Gasteiger partial charge on any atom is -0.496 e. The summed E-state index contributed by atoms with van der Waals surface area (Å²) in [5, 5.41) is 13.9. The highest BCUT2D eigenvalue weighted by Crippen LogP contribution is 2.43. The molecule has 0 radical (unpaired) electrons. The normalized spacial score (nSPS) is 21.2. The molecule has 2 fully saturated rings. The topological polar surface area (TPSA) is 79.3 Å². The molecular formula is C29H38N6O2. The van der Waals surface area contributed by atoms with Crippen molar-refractivity contribution in [3.8, 4) is 11.8 Å². The number of piperazine rings is 1. The first-order chi connectivity index (χ1) is 17.9. The summed E-state index contributed by atoms with van der Waals surface area (Å²) in [4.78, 5) is 17.9. The molecule has 0 bridgehead atoms. The zero-order valence-electron chi connectivity index (χ0n) is 22.6. The Hall–Kier alpha value is -3.31. The molecule has 0 N–H and O–H groups in total. The molecule has 0 spiro atoms. The maximum Gasteiger partial charge on any atom is 0.252 e. The Bertz CT molecular complexity index is 1380. The molecule has 5 rings (SSSR count). The van der Waals surface area contributed by atoms with E-state index in [-0.39, 0.29) is 24.2 Å². The number of pyridine rings is 1. The van der Waals surface area contributed by atoms with Gasteiger partial charge in [-0.25, -0.2) is 0 Å². The van der Waals surface area contributed by atoms with Crippen LogP contribution in [0.4, 0.5) is 5.69 Å². The van der Waals surface area contributed by atoms with Crippen molar-refractivity contribution in [2.45, 2.75) is 77.0 Å². The molecule has 1 aromatic carbocycles. The molecule has 37 heavy (non-hydrogen) atoms. The lowest BCUT2D eigenvalue weighted by Crippen LogP contribution is -2.58. The van der Waals surface area contributed by atoms with Gasteiger partial charge in [0.05, 0.1) is 30.6 Å². The lowest BCUT2D eigenvalue weighted by molar-refractivity contribution is 0.0998. The third kappa shape index (κ3) is 4.61. The highest BCUT2D eigenvalue weighted by Gasteiger charge is 2.37. The van der Waals surface area contributed by atoms with Crippen molar-refractivity contribution in [3.63, 3.8) is 0 Å². The number of hydrogen-bond acceptors (Lipinski definition) is 6. The average molecular weight is 503 g/mol. The number of methoxy groups -OCH3 is 1. The van der Waals surface area contributed by atoms with Crippen molar-refractivity contribution in [2.75, 3.05) is 25.1 Å². The summed E-state index contributed by atoms with van der Waals surface area (Å²) in [7, 11) is 3.54. The molecule has 2 aliphatic rings. The standard InChI is InChI=1S/C29H38N6O2/c1-6-22-17-35(25-15-28(36)32(4)26-18-33(13-12-30)31-29(25)26)23(7-2)16-34(22)19(3)24-11-10-21(20-8-9-20)14-27(24)37-5/h10-11,14-15,18-20,22-23H,6-9,13,16-17H2,1-5H3/t19-,22-,23+/m1/s1. The second kappa shape index (κ2) is 10.2. The number of aryl methyl sites for hydroxylation is 1. The highest BCUT2D eigenvalue weighted by atomic mass is 16.5. The van der Waals surface area contributed by atoms with Gasteiger partial charge >= 0.3 is 0 Å². The monoisotopic (exact) mass is 502 g/mol. The van der Waals surface area contributed by atoms with Crippen molar-refractivity contribution in [1.29, 1.82) is 5.26 Å². The van der Waals surface area contributed by atoms with Gasteiger partial charge in [-0.05, 0) is 50.2 Å². The first kappa shape index (κ1) is 25.3. The van der Waals surface area contributed by atoms with Crippen LogP contribution in [-0.4, -0.2) is 51.5 Å². The van der Waals surface area contributed by atoms with E-state index < -0.39 is 0 Å². The molecule has 0 amide bonds. The van der Waals surface area contributed by atoms with Gasteiger partial charge in [-0.1, -0.05) is 26.0 Å². The van der Waals surface area contributed by atoms with E-state index in [1.165, 1.54) is 24.0 Å². The zero-order valence-corrected chi connectivity index (χ0v) is 22.6. The third-order valence-electron chi connectivity index (χ3n) is 8.41. The highest BCUT2D eigenvalue weighted by molar-refractivity contribution is 5.88. The van der Waals surface area contributed by atoms with E-state index in [4.69, 9.17) is 9.84 Å². The summed E-state index contributed by atoms with van der Waals surface area (Å²) in [6, 6.07) is 11.4. The van der Waals surface area contributed by atoms with Gasteiger partial charge in [-0.15, -0.1) is 0 Å². The van der Waals surface area contributed by atoms with Crippen molar-refractivity contribution in [2.24, 2.45) is 7.05 Å². The second-order valence-electron chi connectivity index (χ2n) is 10.6. The van der Waals surface area contributed by atoms with Crippen LogP contribution in [0.2, 0.25) is 0 Å². The van der Waals surface area contributed by atoms with Gasteiger partial charge in [-0.3, -0.25) is 14.4 Å². The Kier molecular flexibility index (Phi) is 7.00. The van der Waals surface area contributed by atoms with Gasteiger partial charge < -0.3 is 14.2 Å². The molecule has 0 unspecified atom stereocenters. The van der Waals surface area contributed by atoms with Gasteiger partial charge in [0.25, 0.3) is 5.56 Å². The van der Waals surface area contributed by atoms with Crippen molar-refractivity contribution in [1.82, 2.24) is 19.2 Å². The van der Waals surface area contributed by atoms with Crippen LogP contribution in [0.3, 0.4) is 0 Å². The fourth-order valence-corrected chi connectivity index (χ4v) is 5.99. The summed E-state index contributed by atoms with van der Waals surface area (Å²) >= 11 is 0. The molecule has 3 atom stereocenters. The minimum atomic E-state index is -0.0572. The maximum absolute atomic E-state index is 12.9. The molecule has 2 aromatic heterocycles. The number of anilines is 1. The summed E-state index contributed by atoms with van der Waals surface area (Å²) in [6.07, 6.45) is 6.31. The van der Waals surface area contributed by atoms with E-state index in [0.29, 0.717) is 12.0 Å². The molecule has 1 aliphatic carbocycles. The van der Waals surface area contributed by atoms with Gasteiger partial charge in [-0.2, -0.15) is 10.4 Å². The summed E-state index contributed by atoms with van der Waals surface area (Å²) in [5.41, 5.74) is 4.99. The number of aromatic nitrogens is 3. The number of rotatable bonds is 8. The summed E-state index contributed by atoms with van der Waals surface area (Å²) in [6.45, 7) is 8.60. The van der Waals surface area contributed by atoms with Gasteiger partial charge in [0.1, 0.15) is 17.8 Å². The fourth-order valence-electron chi connectivity index (χ4n) is 5.99. The van der Waals surface area contributed by atoms with Gasteiger partial charge in [0.2, 0.25) is 0 Å². The number of nitriles is 1. The fraction of sp³-hybridized carbons (Fsp3) is 0.552. The molecular weight excluding hydrogens is 464 g/mol. The number of hydrogen-bond donors (Lipinski definition) is 0. The van der Waals surface area contributed by atoms with E-state index >= 15 is 0 Å². The van der Waals surface area contributed by atoms with Crippen LogP contribution in [0, 0.1) is 11.3 Å². The Labute approximate surface area is 219 Å². The Balaban J connectivity index is 1.49. The Morgan fingerprint density at radius 2 is 1.92 bits per heavy atom. The van der Waals surface area contributed by atoms with Crippen molar-refractivity contribution in [3.05, 3.63) is 51.9 Å². The molecule has 196 valence electrons. The lowest BCUT2D eigenvalue weighted by atomic mass is 9.95. The van der Waals surface area contributed by atoms with Crippen LogP contribution in [0.25, 0.3) is 11.0 Å². The van der Waals surface area contributed by atoms with Crippen molar-refractivity contribution >= 4 is 16.7 Å². The first-order valence-corrected chi connectivity index (χ1v) is 13.5. The van der Waals surface area contributed by atoms with Gasteiger partial charge in [0, 0.05) is 49.9 Å². The van der Waals surface area contributed by atoms with Gasteiger partial charge in [0.15, 0.2) is 0 Å². The zero-order chi connectivity index (χ0) is 26.3. The first-order valence-electron chi connectivity index (χ1n) is 13.5. The minimum absolute atomic E-state index is 0.0572. The van der Waals surface area contributed by atoms with Crippen LogP contribution < -0.4 is 15.2 Å².